The predicted octanol–water partition coefficient (Wildman–Crippen LogP) is 3.51. The van der Waals surface area contributed by atoms with Crippen LogP contribution in [0.4, 0.5) is 0 Å². The number of carbonyl (C=O) groups excluding carboxylic acids is 1. The first-order valence-electron chi connectivity index (χ1n) is 10.6. The van der Waals surface area contributed by atoms with Gasteiger partial charge in [0.05, 0.1) is 13.1 Å². The molecule has 0 aliphatic carbocycles. The highest BCUT2D eigenvalue weighted by Gasteiger charge is 2.35. The summed E-state index contributed by atoms with van der Waals surface area (Å²) in [4.78, 5) is 13.0. The number of carboxylic acids is 1. The van der Waals surface area contributed by atoms with Gasteiger partial charge in [-0.3, -0.25) is 0 Å². The number of rotatable bonds is 17. The van der Waals surface area contributed by atoms with Crippen molar-refractivity contribution in [3.63, 3.8) is 0 Å². The minimum atomic E-state index is -0.865. The third kappa shape index (κ3) is 9.66. The minimum absolute atomic E-state index is 0.716. The zero-order valence-electron chi connectivity index (χ0n) is 16.9. The molecule has 144 valence electrons. The van der Waals surface area contributed by atoms with E-state index in [0.29, 0.717) is 0 Å². The summed E-state index contributed by atoms with van der Waals surface area (Å²) in [5.74, 6) is -0.865. The number of unbranched alkanes of at least 4 members (excludes halogenated alkanes) is 9. The first kappa shape index (κ1) is 23.4. The fourth-order valence-corrected chi connectivity index (χ4v) is 3.67. The highest BCUT2D eigenvalue weighted by atomic mass is 16.4. The van der Waals surface area contributed by atoms with E-state index in [1.807, 2.05) is 6.92 Å². The van der Waals surface area contributed by atoms with E-state index in [1.54, 1.807) is 0 Å². The third-order valence-electron chi connectivity index (χ3n) is 5.36. The van der Waals surface area contributed by atoms with E-state index >= 15 is 0 Å². The summed E-state index contributed by atoms with van der Waals surface area (Å²) in [6, 6.07) is 0. The molecule has 0 bridgehead atoms. The van der Waals surface area contributed by atoms with Gasteiger partial charge < -0.3 is 14.8 Å². The van der Waals surface area contributed by atoms with Crippen LogP contribution in [0.2, 0.25) is 0 Å². The van der Waals surface area contributed by atoms with Crippen LogP contribution in [-0.4, -0.2) is 24.6 Å². The molecule has 0 aliphatic heterocycles. The SMILES string of the molecule is CCCCCCCCCCCCC(C)(C(=O)[O-])[NH+](CCC)CCC. The molecule has 1 unspecified atom stereocenters. The van der Waals surface area contributed by atoms with E-state index in [2.05, 4.69) is 20.8 Å². The molecule has 0 aliphatic rings. The molecule has 0 amide bonds. The molecule has 3 nitrogen and oxygen atoms in total. The summed E-state index contributed by atoms with van der Waals surface area (Å²) < 4.78 is 0. The number of carboxylic acid groups (broad SMARTS) is 1. The second-order valence-electron chi connectivity index (χ2n) is 7.66. The van der Waals surface area contributed by atoms with Gasteiger partial charge in [0.25, 0.3) is 0 Å². The highest BCUT2D eigenvalue weighted by molar-refractivity contribution is 5.74. The maximum absolute atomic E-state index is 11.8. The zero-order valence-corrected chi connectivity index (χ0v) is 16.9. The standard InChI is InChI=1S/C21H43NO2/c1-5-8-9-10-11-12-13-14-15-16-17-21(4,20(23)24)22(18-6-2)19-7-3/h5-19H2,1-4H3,(H,23,24). The molecule has 0 heterocycles. The Balaban J connectivity index is 4.02. The van der Waals surface area contributed by atoms with E-state index in [1.165, 1.54) is 56.3 Å². The lowest BCUT2D eigenvalue weighted by Crippen LogP contribution is -3.21. The molecule has 0 fully saturated rings. The highest BCUT2D eigenvalue weighted by Crippen LogP contribution is 2.15. The third-order valence-corrected chi connectivity index (χ3v) is 5.36. The van der Waals surface area contributed by atoms with Gasteiger partial charge in [0.1, 0.15) is 11.5 Å². The molecular weight excluding hydrogens is 298 g/mol. The van der Waals surface area contributed by atoms with Crippen molar-refractivity contribution in [2.24, 2.45) is 0 Å². The predicted molar refractivity (Wildman–Crippen MR) is 101 cm³/mol. The Morgan fingerprint density at radius 1 is 0.750 bits per heavy atom. The normalized spacial score (nSPS) is 14.0. The first-order chi connectivity index (χ1) is 11.5. The number of hydrogen-bond donors (Lipinski definition) is 1. The molecule has 1 N–H and O–H groups in total. The molecule has 0 saturated heterocycles. The quantitative estimate of drug-likeness (QED) is 0.411. The summed E-state index contributed by atoms with van der Waals surface area (Å²) in [5.41, 5.74) is -0.716. The molecule has 0 aromatic carbocycles. The van der Waals surface area contributed by atoms with Crippen molar-refractivity contribution < 1.29 is 14.8 Å². The van der Waals surface area contributed by atoms with Crippen molar-refractivity contribution in [3.05, 3.63) is 0 Å². The topological polar surface area (TPSA) is 44.6 Å². The fraction of sp³-hybridized carbons (Fsp3) is 0.952. The Morgan fingerprint density at radius 2 is 1.17 bits per heavy atom. The Kier molecular flexibility index (Phi) is 14.4. The molecule has 0 spiro atoms. The van der Waals surface area contributed by atoms with Crippen molar-refractivity contribution in [3.8, 4) is 0 Å². The Morgan fingerprint density at radius 3 is 1.54 bits per heavy atom. The maximum Gasteiger partial charge on any atom is 0.135 e. The van der Waals surface area contributed by atoms with Crippen LogP contribution in [0.3, 0.4) is 0 Å². The van der Waals surface area contributed by atoms with E-state index in [4.69, 9.17) is 0 Å². The van der Waals surface area contributed by atoms with Gasteiger partial charge in [-0.15, -0.1) is 0 Å². The molecule has 0 aromatic rings. The van der Waals surface area contributed by atoms with Gasteiger partial charge in [0.2, 0.25) is 0 Å². The Hall–Kier alpha value is -0.570. The first-order valence-corrected chi connectivity index (χ1v) is 10.6. The molecule has 0 saturated carbocycles. The molecule has 3 heteroatoms. The van der Waals surface area contributed by atoms with E-state index in [9.17, 15) is 9.90 Å². The van der Waals surface area contributed by atoms with Gasteiger partial charge in [-0.05, 0) is 26.2 Å². The minimum Gasteiger partial charge on any atom is -0.544 e. The lowest BCUT2D eigenvalue weighted by atomic mass is 9.91. The van der Waals surface area contributed by atoms with E-state index < -0.39 is 11.5 Å². The number of quaternary nitrogens is 1. The second-order valence-corrected chi connectivity index (χ2v) is 7.66. The van der Waals surface area contributed by atoms with Gasteiger partial charge in [-0.2, -0.15) is 0 Å². The summed E-state index contributed by atoms with van der Waals surface area (Å²) in [7, 11) is 0. The van der Waals surface area contributed by atoms with Crippen LogP contribution < -0.4 is 10.0 Å². The summed E-state index contributed by atoms with van der Waals surface area (Å²) in [6.45, 7) is 10.3. The van der Waals surface area contributed by atoms with Gasteiger partial charge in [0.15, 0.2) is 0 Å². The van der Waals surface area contributed by atoms with E-state index in [0.717, 1.165) is 45.2 Å². The van der Waals surface area contributed by atoms with Crippen molar-refractivity contribution >= 4 is 5.97 Å². The average Bonchev–Trinajstić information content (AvgIpc) is 2.56. The number of carbonyl (C=O) groups is 1. The Labute approximate surface area is 151 Å². The van der Waals surface area contributed by atoms with Crippen LogP contribution in [0.15, 0.2) is 0 Å². The molecule has 0 aromatic heterocycles. The van der Waals surface area contributed by atoms with Crippen molar-refractivity contribution in [1.29, 1.82) is 0 Å². The zero-order chi connectivity index (χ0) is 18.3. The summed E-state index contributed by atoms with van der Waals surface area (Å²) in [6.07, 6.45) is 15.7. The van der Waals surface area contributed by atoms with Crippen molar-refractivity contribution in [1.82, 2.24) is 0 Å². The molecule has 24 heavy (non-hydrogen) atoms. The maximum atomic E-state index is 11.8. The number of aliphatic carboxylic acids is 1. The monoisotopic (exact) mass is 341 g/mol. The number of nitrogens with one attached hydrogen (secondary N) is 1. The summed E-state index contributed by atoms with van der Waals surface area (Å²) >= 11 is 0. The van der Waals surface area contributed by atoms with Crippen LogP contribution >= 0.6 is 0 Å². The molecule has 0 radical (unpaired) electrons. The lowest BCUT2D eigenvalue weighted by molar-refractivity contribution is -0.943. The van der Waals surface area contributed by atoms with Gasteiger partial charge in [0, 0.05) is 6.42 Å². The largest absolute Gasteiger partial charge is 0.544 e. The van der Waals surface area contributed by atoms with Crippen molar-refractivity contribution in [2.45, 2.75) is 117 Å². The van der Waals surface area contributed by atoms with Crippen LogP contribution in [-0.2, 0) is 4.79 Å². The number of hydrogen-bond acceptors (Lipinski definition) is 2. The van der Waals surface area contributed by atoms with Crippen molar-refractivity contribution in [2.75, 3.05) is 13.1 Å². The van der Waals surface area contributed by atoms with Gasteiger partial charge >= 0.3 is 0 Å². The van der Waals surface area contributed by atoms with Crippen LogP contribution in [0.5, 0.6) is 0 Å². The fourth-order valence-electron chi connectivity index (χ4n) is 3.67. The average molecular weight is 342 g/mol. The summed E-state index contributed by atoms with van der Waals surface area (Å²) in [5, 5.41) is 11.8. The van der Waals surface area contributed by atoms with Crippen LogP contribution in [0, 0.1) is 0 Å². The van der Waals surface area contributed by atoms with Crippen LogP contribution in [0.25, 0.3) is 0 Å². The lowest BCUT2D eigenvalue weighted by Gasteiger charge is -2.39. The second kappa shape index (κ2) is 14.7. The van der Waals surface area contributed by atoms with E-state index in [-0.39, 0.29) is 0 Å². The molecule has 1 atom stereocenters. The van der Waals surface area contributed by atoms with Gasteiger partial charge in [-0.1, -0.05) is 78.6 Å². The molecular formula is C21H43NO2. The Bertz CT molecular complexity index is 300. The van der Waals surface area contributed by atoms with Gasteiger partial charge in [-0.25, -0.2) is 0 Å². The smallest absolute Gasteiger partial charge is 0.135 e. The molecule has 0 rings (SSSR count). The van der Waals surface area contributed by atoms with Crippen LogP contribution in [0.1, 0.15) is 111 Å².